The van der Waals surface area contributed by atoms with Crippen molar-refractivity contribution in [3.05, 3.63) is 0 Å². The van der Waals surface area contributed by atoms with Gasteiger partial charge in [-0.15, -0.1) is 0 Å². The van der Waals surface area contributed by atoms with Gasteiger partial charge in [0, 0.05) is 31.3 Å². The summed E-state index contributed by atoms with van der Waals surface area (Å²) >= 11 is 0. The van der Waals surface area contributed by atoms with E-state index in [2.05, 4.69) is 0 Å². The van der Waals surface area contributed by atoms with Gasteiger partial charge in [0.2, 0.25) is 0 Å². The SMILES string of the molecule is O=C1CCC2(CC1)CN(C(=O)O)C2. The lowest BCUT2D eigenvalue weighted by atomic mass is 9.68. The summed E-state index contributed by atoms with van der Waals surface area (Å²) in [5.74, 6) is 0.333. The summed E-state index contributed by atoms with van der Waals surface area (Å²) in [4.78, 5) is 22.9. The highest BCUT2D eigenvalue weighted by atomic mass is 16.4. The number of Topliss-reactive ketones (excluding diaryl/α,β-unsaturated/α-hetero) is 1. The van der Waals surface area contributed by atoms with Gasteiger partial charge in [-0.25, -0.2) is 4.79 Å². The third-order valence-corrected chi connectivity index (χ3v) is 3.19. The summed E-state index contributed by atoms with van der Waals surface area (Å²) < 4.78 is 0. The van der Waals surface area contributed by atoms with Gasteiger partial charge < -0.3 is 10.0 Å². The first-order valence-corrected chi connectivity index (χ1v) is 4.61. The monoisotopic (exact) mass is 183 g/mol. The number of hydrogen-bond donors (Lipinski definition) is 1. The molecule has 0 radical (unpaired) electrons. The van der Waals surface area contributed by atoms with Crippen LogP contribution in [0.5, 0.6) is 0 Å². The molecule has 13 heavy (non-hydrogen) atoms. The number of amides is 1. The number of carboxylic acid groups (broad SMARTS) is 1. The molecule has 72 valence electrons. The van der Waals surface area contributed by atoms with Crippen molar-refractivity contribution in [2.24, 2.45) is 5.41 Å². The largest absolute Gasteiger partial charge is 0.465 e. The summed E-state index contributed by atoms with van der Waals surface area (Å²) in [6.07, 6.45) is 2.23. The van der Waals surface area contributed by atoms with E-state index < -0.39 is 6.09 Å². The van der Waals surface area contributed by atoms with Gasteiger partial charge in [0.05, 0.1) is 0 Å². The Balaban J connectivity index is 1.90. The summed E-state index contributed by atoms with van der Waals surface area (Å²) in [5, 5.41) is 8.66. The van der Waals surface area contributed by atoms with Crippen molar-refractivity contribution in [2.75, 3.05) is 13.1 Å². The Labute approximate surface area is 76.5 Å². The first-order chi connectivity index (χ1) is 6.11. The first-order valence-electron chi connectivity index (χ1n) is 4.61. The molecule has 2 aliphatic rings. The molecule has 1 N–H and O–H groups in total. The molecule has 4 nitrogen and oxygen atoms in total. The summed E-state index contributed by atoms with van der Waals surface area (Å²) in [6.45, 7) is 1.27. The predicted molar refractivity (Wildman–Crippen MR) is 45.5 cm³/mol. The van der Waals surface area contributed by atoms with Crippen LogP contribution in [0.25, 0.3) is 0 Å². The van der Waals surface area contributed by atoms with Crippen molar-refractivity contribution in [1.82, 2.24) is 4.90 Å². The highest BCUT2D eigenvalue weighted by Crippen LogP contribution is 2.42. The molecule has 0 bridgehead atoms. The maximum absolute atomic E-state index is 11.0. The quantitative estimate of drug-likeness (QED) is 0.612. The molecule has 0 aromatic rings. The summed E-state index contributed by atoms with van der Waals surface area (Å²) in [6, 6.07) is 0. The lowest BCUT2D eigenvalue weighted by molar-refractivity contribution is -0.125. The normalized spacial score (nSPS) is 25.8. The first kappa shape index (κ1) is 8.53. The smallest absolute Gasteiger partial charge is 0.407 e. The van der Waals surface area contributed by atoms with Crippen LogP contribution in [0.15, 0.2) is 0 Å². The van der Waals surface area contributed by atoms with Gasteiger partial charge in [0.25, 0.3) is 0 Å². The Morgan fingerprint density at radius 3 is 2.31 bits per heavy atom. The molecule has 0 aromatic heterocycles. The molecule has 1 saturated heterocycles. The van der Waals surface area contributed by atoms with Crippen LogP contribution in [0.4, 0.5) is 4.79 Å². The van der Waals surface area contributed by atoms with Crippen LogP contribution in [0.3, 0.4) is 0 Å². The van der Waals surface area contributed by atoms with Gasteiger partial charge in [-0.3, -0.25) is 4.79 Å². The number of nitrogens with zero attached hydrogens (tertiary/aromatic N) is 1. The minimum absolute atomic E-state index is 0.159. The molecule has 2 rings (SSSR count). The third-order valence-electron chi connectivity index (χ3n) is 3.19. The van der Waals surface area contributed by atoms with Gasteiger partial charge >= 0.3 is 6.09 Å². The third kappa shape index (κ3) is 1.41. The number of ketones is 1. The number of carbonyl (C=O) groups is 2. The molecule has 0 unspecified atom stereocenters. The number of rotatable bonds is 0. The topological polar surface area (TPSA) is 57.6 Å². The van der Waals surface area contributed by atoms with Gasteiger partial charge in [-0.2, -0.15) is 0 Å². The van der Waals surface area contributed by atoms with Crippen molar-refractivity contribution in [3.63, 3.8) is 0 Å². The van der Waals surface area contributed by atoms with E-state index in [1.165, 1.54) is 4.90 Å². The van der Waals surface area contributed by atoms with Crippen LogP contribution in [-0.2, 0) is 4.79 Å². The fourth-order valence-electron chi connectivity index (χ4n) is 2.27. The molecular weight excluding hydrogens is 170 g/mol. The zero-order valence-electron chi connectivity index (χ0n) is 7.45. The Hall–Kier alpha value is -1.06. The van der Waals surface area contributed by atoms with Gasteiger partial charge in [0.15, 0.2) is 0 Å². The highest BCUT2D eigenvalue weighted by Gasteiger charge is 2.46. The van der Waals surface area contributed by atoms with E-state index in [0.29, 0.717) is 31.7 Å². The minimum Gasteiger partial charge on any atom is -0.465 e. The number of carbonyl (C=O) groups excluding carboxylic acids is 1. The van der Waals surface area contributed by atoms with E-state index in [-0.39, 0.29) is 5.41 Å². The van der Waals surface area contributed by atoms with Crippen LogP contribution in [0.2, 0.25) is 0 Å². The van der Waals surface area contributed by atoms with Crippen molar-refractivity contribution in [3.8, 4) is 0 Å². The Kier molecular flexibility index (Phi) is 1.78. The second kappa shape index (κ2) is 2.72. The Bertz CT molecular complexity index is 244. The van der Waals surface area contributed by atoms with E-state index in [1.54, 1.807) is 0 Å². The van der Waals surface area contributed by atoms with Crippen LogP contribution < -0.4 is 0 Å². The number of likely N-dealkylation sites (tertiary alicyclic amines) is 1. The van der Waals surface area contributed by atoms with Crippen molar-refractivity contribution in [1.29, 1.82) is 0 Å². The van der Waals surface area contributed by atoms with E-state index in [1.807, 2.05) is 0 Å². The van der Waals surface area contributed by atoms with Crippen molar-refractivity contribution < 1.29 is 14.7 Å². The van der Waals surface area contributed by atoms with E-state index in [4.69, 9.17) is 5.11 Å². The van der Waals surface area contributed by atoms with E-state index in [9.17, 15) is 9.59 Å². The van der Waals surface area contributed by atoms with Gasteiger partial charge in [-0.1, -0.05) is 0 Å². The van der Waals surface area contributed by atoms with Crippen molar-refractivity contribution in [2.45, 2.75) is 25.7 Å². The second-order valence-corrected chi connectivity index (χ2v) is 4.18. The van der Waals surface area contributed by atoms with Gasteiger partial charge in [0.1, 0.15) is 5.78 Å². The lowest BCUT2D eigenvalue weighted by Crippen LogP contribution is -2.59. The van der Waals surface area contributed by atoms with Gasteiger partial charge in [-0.05, 0) is 12.8 Å². The van der Waals surface area contributed by atoms with E-state index in [0.717, 1.165) is 12.8 Å². The lowest BCUT2D eigenvalue weighted by Gasteiger charge is -2.50. The Morgan fingerprint density at radius 1 is 1.31 bits per heavy atom. The highest BCUT2D eigenvalue weighted by molar-refractivity contribution is 5.79. The molecule has 1 spiro atoms. The molecule has 4 heteroatoms. The fraction of sp³-hybridized carbons (Fsp3) is 0.778. The fourth-order valence-corrected chi connectivity index (χ4v) is 2.27. The Morgan fingerprint density at radius 2 is 1.85 bits per heavy atom. The maximum Gasteiger partial charge on any atom is 0.407 e. The molecule has 1 saturated carbocycles. The molecule has 2 fully saturated rings. The number of hydrogen-bond acceptors (Lipinski definition) is 2. The summed E-state index contributed by atoms with van der Waals surface area (Å²) in [5.41, 5.74) is 0.159. The minimum atomic E-state index is -0.831. The zero-order valence-corrected chi connectivity index (χ0v) is 7.45. The molecule has 1 heterocycles. The zero-order chi connectivity index (χ0) is 9.47. The standard InChI is InChI=1S/C9H13NO3/c11-7-1-3-9(4-2-7)5-10(6-9)8(12)13/h1-6H2,(H,12,13). The average molecular weight is 183 g/mol. The molecule has 1 aliphatic heterocycles. The van der Waals surface area contributed by atoms with Crippen molar-refractivity contribution >= 4 is 11.9 Å². The molecular formula is C9H13NO3. The summed E-state index contributed by atoms with van der Waals surface area (Å²) in [7, 11) is 0. The molecule has 1 aliphatic carbocycles. The van der Waals surface area contributed by atoms with Crippen LogP contribution in [0, 0.1) is 5.41 Å². The average Bonchev–Trinajstić information content (AvgIpc) is 2.02. The van der Waals surface area contributed by atoms with Crippen LogP contribution >= 0.6 is 0 Å². The maximum atomic E-state index is 11.0. The molecule has 1 amide bonds. The van der Waals surface area contributed by atoms with Crippen LogP contribution in [0.1, 0.15) is 25.7 Å². The van der Waals surface area contributed by atoms with E-state index >= 15 is 0 Å². The predicted octanol–water partition coefficient (Wildman–Crippen LogP) is 1.11. The molecule has 0 atom stereocenters. The van der Waals surface area contributed by atoms with Crippen LogP contribution in [-0.4, -0.2) is 35.0 Å². The second-order valence-electron chi connectivity index (χ2n) is 4.18. The molecule has 0 aromatic carbocycles.